The highest BCUT2D eigenvalue weighted by Crippen LogP contribution is 2.48. The maximum absolute atomic E-state index is 11.4. The van der Waals surface area contributed by atoms with Gasteiger partial charge in [0.1, 0.15) is 6.29 Å². The predicted octanol–water partition coefficient (Wildman–Crippen LogP) is 3.57. The minimum Gasteiger partial charge on any atom is -0.303 e. The van der Waals surface area contributed by atoms with E-state index in [1.807, 2.05) is 0 Å². The molecular weight excluding hydrogens is 172 g/mol. The third kappa shape index (κ3) is 1.74. The number of hydrogen-bond donors (Lipinski definition) is 0. The van der Waals surface area contributed by atoms with Crippen molar-refractivity contribution >= 4 is 6.29 Å². The van der Waals surface area contributed by atoms with Gasteiger partial charge in [-0.1, -0.05) is 19.8 Å². The summed E-state index contributed by atoms with van der Waals surface area (Å²) in [5.74, 6) is 1.58. The van der Waals surface area contributed by atoms with Crippen LogP contribution in [-0.4, -0.2) is 6.29 Å². The van der Waals surface area contributed by atoms with Gasteiger partial charge < -0.3 is 4.79 Å². The Hall–Kier alpha value is -0.330. The van der Waals surface area contributed by atoms with Crippen LogP contribution in [0.2, 0.25) is 0 Å². The fraction of sp³-hybridized carbons (Fsp3) is 0.923. The topological polar surface area (TPSA) is 17.1 Å². The van der Waals surface area contributed by atoms with Crippen molar-refractivity contribution in [3.63, 3.8) is 0 Å². The maximum Gasteiger partial charge on any atom is 0.126 e. The Bertz CT molecular complexity index is 195. The average molecular weight is 194 g/mol. The highest BCUT2D eigenvalue weighted by molar-refractivity contribution is 5.60. The number of aldehydes is 1. The first kappa shape index (κ1) is 10.2. The van der Waals surface area contributed by atoms with Gasteiger partial charge in [-0.2, -0.15) is 0 Å². The highest BCUT2D eigenvalue weighted by Gasteiger charge is 2.41. The zero-order chi connectivity index (χ0) is 10.0. The van der Waals surface area contributed by atoms with Gasteiger partial charge in [0.2, 0.25) is 0 Å². The first-order chi connectivity index (χ1) is 6.77. The lowest BCUT2D eigenvalue weighted by atomic mass is 9.64. The second kappa shape index (κ2) is 4.04. The molecule has 1 nitrogen and oxygen atoms in total. The third-order valence-corrected chi connectivity index (χ3v) is 4.61. The summed E-state index contributed by atoms with van der Waals surface area (Å²) >= 11 is 0. The van der Waals surface area contributed by atoms with E-state index >= 15 is 0 Å². The number of hydrogen-bond acceptors (Lipinski definition) is 1. The molecule has 1 heteroatoms. The summed E-state index contributed by atoms with van der Waals surface area (Å²) in [6.07, 6.45) is 11.5. The molecule has 0 aliphatic heterocycles. The molecule has 2 fully saturated rings. The molecule has 0 saturated heterocycles. The molecule has 2 aliphatic carbocycles. The van der Waals surface area contributed by atoms with Crippen molar-refractivity contribution < 1.29 is 4.79 Å². The minimum absolute atomic E-state index is 0.100. The molecule has 0 bridgehead atoms. The van der Waals surface area contributed by atoms with Gasteiger partial charge in [-0.25, -0.2) is 0 Å². The van der Waals surface area contributed by atoms with Gasteiger partial charge in [0.05, 0.1) is 0 Å². The van der Waals surface area contributed by atoms with E-state index in [9.17, 15) is 4.79 Å². The van der Waals surface area contributed by atoms with Gasteiger partial charge in [0.15, 0.2) is 0 Å². The molecular formula is C13H22O. The summed E-state index contributed by atoms with van der Waals surface area (Å²) in [6.45, 7) is 2.32. The Kier molecular flexibility index (Phi) is 2.94. The normalized spacial score (nSPS) is 39.9. The van der Waals surface area contributed by atoms with Crippen LogP contribution in [-0.2, 0) is 4.79 Å². The molecule has 0 N–H and O–H groups in total. The molecule has 0 aromatic heterocycles. The molecule has 2 aliphatic rings. The quantitative estimate of drug-likeness (QED) is 0.614. The Morgan fingerprint density at radius 1 is 1.07 bits per heavy atom. The summed E-state index contributed by atoms with van der Waals surface area (Å²) in [5, 5.41) is 0. The van der Waals surface area contributed by atoms with E-state index in [-0.39, 0.29) is 5.41 Å². The Morgan fingerprint density at radius 3 is 2.14 bits per heavy atom. The Balaban J connectivity index is 2.05. The molecule has 0 amide bonds. The van der Waals surface area contributed by atoms with Crippen LogP contribution in [0.5, 0.6) is 0 Å². The number of carbonyl (C=O) groups is 1. The summed E-state index contributed by atoms with van der Waals surface area (Å²) in [4.78, 5) is 11.4. The standard InChI is InChI=1S/C13H22O/c1-11-6-8-13(10-14,9-7-11)12-4-2-3-5-12/h10-12H,2-9H2,1H3. The van der Waals surface area contributed by atoms with Crippen LogP contribution in [0.15, 0.2) is 0 Å². The fourth-order valence-corrected chi connectivity index (χ4v) is 3.42. The number of carbonyl (C=O) groups excluding carboxylic acids is 1. The van der Waals surface area contributed by atoms with Crippen molar-refractivity contribution in [2.75, 3.05) is 0 Å². The molecule has 0 heterocycles. The summed E-state index contributed by atoms with van der Waals surface area (Å²) in [7, 11) is 0. The van der Waals surface area contributed by atoms with E-state index in [1.54, 1.807) is 0 Å². The lowest BCUT2D eigenvalue weighted by Crippen LogP contribution is -2.34. The molecule has 2 saturated carbocycles. The minimum atomic E-state index is 0.100. The lowest BCUT2D eigenvalue weighted by molar-refractivity contribution is -0.121. The van der Waals surface area contributed by atoms with Crippen molar-refractivity contribution in [1.29, 1.82) is 0 Å². The van der Waals surface area contributed by atoms with Crippen molar-refractivity contribution in [2.24, 2.45) is 17.3 Å². The third-order valence-electron chi connectivity index (χ3n) is 4.61. The van der Waals surface area contributed by atoms with Crippen LogP contribution in [0.25, 0.3) is 0 Å². The van der Waals surface area contributed by atoms with E-state index in [2.05, 4.69) is 6.92 Å². The molecule has 2 rings (SSSR count). The molecule has 0 aromatic carbocycles. The van der Waals surface area contributed by atoms with Crippen LogP contribution < -0.4 is 0 Å². The largest absolute Gasteiger partial charge is 0.303 e. The molecule has 80 valence electrons. The van der Waals surface area contributed by atoms with Crippen LogP contribution >= 0.6 is 0 Å². The summed E-state index contributed by atoms with van der Waals surface area (Å²) in [6, 6.07) is 0. The van der Waals surface area contributed by atoms with E-state index in [0.717, 1.165) is 11.8 Å². The molecule has 0 atom stereocenters. The lowest BCUT2D eigenvalue weighted by Gasteiger charge is -2.39. The van der Waals surface area contributed by atoms with Crippen molar-refractivity contribution in [3.8, 4) is 0 Å². The average Bonchev–Trinajstić information content (AvgIpc) is 2.73. The first-order valence-corrected chi connectivity index (χ1v) is 6.23. The maximum atomic E-state index is 11.4. The predicted molar refractivity (Wildman–Crippen MR) is 58.1 cm³/mol. The van der Waals surface area contributed by atoms with Gasteiger partial charge in [0, 0.05) is 5.41 Å². The Labute approximate surface area is 87.3 Å². The van der Waals surface area contributed by atoms with Crippen LogP contribution in [0.3, 0.4) is 0 Å². The molecule has 0 unspecified atom stereocenters. The van der Waals surface area contributed by atoms with Gasteiger partial charge in [-0.05, 0) is 50.4 Å². The second-order valence-corrected chi connectivity index (χ2v) is 5.51. The summed E-state index contributed by atoms with van der Waals surface area (Å²) in [5.41, 5.74) is 0.100. The van der Waals surface area contributed by atoms with E-state index < -0.39 is 0 Å². The van der Waals surface area contributed by atoms with Crippen LogP contribution in [0, 0.1) is 17.3 Å². The van der Waals surface area contributed by atoms with Crippen LogP contribution in [0.4, 0.5) is 0 Å². The smallest absolute Gasteiger partial charge is 0.126 e. The highest BCUT2D eigenvalue weighted by atomic mass is 16.1. The van der Waals surface area contributed by atoms with E-state index in [4.69, 9.17) is 0 Å². The monoisotopic (exact) mass is 194 g/mol. The van der Waals surface area contributed by atoms with Gasteiger partial charge >= 0.3 is 0 Å². The fourth-order valence-electron chi connectivity index (χ4n) is 3.42. The summed E-state index contributed by atoms with van der Waals surface area (Å²) < 4.78 is 0. The van der Waals surface area contributed by atoms with Crippen LogP contribution in [0.1, 0.15) is 58.3 Å². The van der Waals surface area contributed by atoms with Gasteiger partial charge in [-0.3, -0.25) is 0 Å². The molecule has 0 aromatic rings. The molecule has 0 radical (unpaired) electrons. The van der Waals surface area contributed by atoms with Crippen molar-refractivity contribution in [1.82, 2.24) is 0 Å². The number of rotatable bonds is 2. The zero-order valence-electron chi connectivity index (χ0n) is 9.30. The Morgan fingerprint density at radius 2 is 1.64 bits per heavy atom. The van der Waals surface area contributed by atoms with Gasteiger partial charge in [-0.15, -0.1) is 0 Å². The second-order valence-electron chi connectivity index (χ2n) is 5.51. The van der Waals surface area contributed by atoms with E-state index in [1.165, 1.54) is 57.7 Å². The van der Waals surface area contributed by atoms with Crippen molar-refractivity contribution in [2.45, 2.75) is 58.3 Å². The SMILES string of the molecule is CC1CCC(C=O)(C2CCCC2)CC1. The van der Waals surface area contributed by atoms with Crippen molar-refractivity contribution in [3.05, 3.63) is 0 Å². The molecule has 14 heavy (non-hydrogen) atoms. The van der Waals surface area contributed by atoms with E-state index in [0.29, 0.717) is 0 Å². The molecule has 0 spiro atoms. The zero-order valence-corrected chi connectivity index (χ0v) is 9.30. The van der Waals surface area contributed by atoms with Gasteiger partial charge in [0.25, 0.3) is 0 Å². The first-order valence-electron chi connectivity index (χ1n) is 6.23.